The van der Waals surface area contributed by atoms with E-state index in [-0.39, 0.29) is 16.3 Å². The predicted octanol–water partition coefficient (Wildman–Crippen LogP) is 4.61. The van der Waals surface area contributed by atoms with Gasteiger partial charge in [-0.25, -0.2) is 8.42 Å². The van der Waals surface area contributed by atoms with Gasteiger partial charge in [0, 0.05) is 10.5 Å². The summed E-state index contributed by atoms with van der Waals surface area (Å²) in [6.07, 6.45) is 1.49. The summed E-state index contributed by atoms with van der Waals surface area (Å²) in [5.41, 5.74) is 3.19. The molecule has 0 saturated carbocycles. The highest BCUT2D eigenvalue weighted by atomic mass is 79.9. The minimum atomic E-state index is -4.09. The van der Waals surface area contributed by atoms with Gasteiger partial charge in [-0.1, -0.05) is 40.2 Å². The second-order valence-electron chi connectivity index (χ2n) is 6.16. The van der Waals surface area contributed by atoms with E-state index in [1.807, 2.05) is 24.3 Å². The number of sulfonamides is 1. The van der Waals surface area contributed by atoms with Crippen molar-refractivity contribution < 1.29 is 18.1 Å². The van der Waals surface area contributed by atoms with Gasteiger partial charge in [0.05, 0.1) is 28.8 Å². The number of methoxy groups -OCH3 is 1. The van der Waals surface area contributed by atoms with Gasteiger partial charge in [-0.3, -0.25) is 20.3 Å². The Morgan fingerprint density at radius 1 is 1.06 bits per heavy atom. The Morgan fingerprint density at radius 2 is 1.77 bits per heavy atom. The molecule has 3 aromatic carbocycles. The van der Waals surface area contributed by atoms with E-state index >= 15 is 0 Å². The fourth-order valence-corrected chi connectivity index (χ4v) is 3.94. The molecule has 11 heteroatoms. The molecular weight excluding hydrogens is 488 g/mol. The third kappa shape index (κ3) is 5.58. The van der Waals surface area contributed by atoms with E-state index in [1.165, 1.54) is 31.5 Å². The molecule has 0 bridgehead atoms. The van der Waals surface area contributed by atoms with Gasteiger partial charge in [-0.05, 0) is 42.0 Å². The molecule has 9 nitrogen and oxygen atoms in total. The van der Waals surface area contributed by atoms with Crippen molar-refractivity contribution in [2.45, 2.75) is 4.90 Å². The highest BCUT2D eigenvalue weighted by Gasteiger charge is 2.22. The zero-order valence-corrected chi connectivity index (χ0v) is 18.6. The zero-order chi connectivity index (χ0) is 22.4. The number of anilines is 2. The molecule has 0 fully saturated rings. The Balaban J connectivity index is 1.85. The summed E-state index contributed by atoms with van der Waals surface area (Å²) in [6.45, 7) is 0. The van der Waals surface area contributed by atoms with Crippen molar-refractivity contribution >= 4 is 49.2 Å². The number of halogens is 1. The van der Waals surface area contributed by atoms with Gasteiger partial charge in [-0.2, -0.15) is 5.10 Å². The maximum atomic E-state index is 12.7. The quantitative estimate of drug-likeness (QED) is 0.262. The lowest BCUT2D eigenvalue weighted by Gasteiger charge is -2.12. The molecule has 0 heterocycles. The first kappa shape index (κ1) is 22.2. The van der Waals surface area contributed by atoms with Crippen LogP contribution in [0.25, 0.3) is 0 Å². The number of rotatable bonds is 8. The van der Waals surface area contributed by atoms with E-state index in [9.17, 15) is 18.5 Å². The van der Waals surface area contributed by atoms with Gasteiger partial charge in [0.15, 0.2) is 0 Å². The molecule has 0 aliphatic carbocycles. The highest BCUT2D eigenvalue weighted by Crippen LogP contribution is 2.30. The van der Waals surface area contributed by atoms with Crippen molar-refractivity contribution in [3.63, 3.8) is 0 Å². The molecule has 0 aliphatic heterocycles. The Bertz CT molecular complexity index is 1230. The van der Waals surface area contributed by atoms with E-state index in [2.05, 4.69) is 31.2 Å². The minimum Gasteiger partial charge on any atom is -0.495 e. The SMILES string of the molecule is COc1ccccc1NS(=O)(=O)c1ccc(N/N=C\c2ccc(Br)cc2)c([N+](=O)[O-])c1. The summed E-state index contributed by atoms with van der Waals surface area (Å²) in [6, 6.07) is 17.2. The molecule has 3 rings (SSSR count). The number of benzene rings is 3. The topological polar surface area (TPSA) is 123 Å². The smallest absolute Gasteiger partial charge is 0.295 e. The fourth-order valence-electron chi connectivity index (χ4n) is 2.58. The minimum absolute atomic E-state index is 0.0506. The largest absolute Gasteiger partial charge is 0.495 e. The number of nitrogens with one attached hydrogen (secondary N) is 2. The third-order valence-electron chi connectivity index (χ3n) is 4.10. The predicted molar refractivity (Wildman–Crippen MR) is 122 cm³/mol. The van der Waals surface area contributed by atoms with Gasteiger partial charge >= 0.3 is 0 Å². The molecule has 0 amide bonds. The summed E-state index contributed by atoms with van der Waals surface area (Å²) in [4.78, 5) is 10.6. The molecular formula is C20H17BrN4O5S. The molecule has 160 valence electrons. The third-order valence-corrected chi connectivity index (χ3v) is 5.99. The summed E-state index contributed by atoms with van der Waals surface area (Å²) < 4.78 is 33.9. The summed E-state index contributed by atoms with van der Waals surface area (Å²) in [7, 11) is -2.68. The van der Waals surface area contributed by atoms with Crippen LogP contribution < -0.4 is 14.9 Å². The summed E-state index contributed by atoms with van der Waals surface area (Å²) in [5, 5.41) is 15.5. The fraction of sp³-hybridized carbons (Fsp3) is 0.0500. The Morgan fingerprint density at radius 3 is 2.45 bits per heavy atom. The molecule has 0 saturated heterocycles. The lowest BCUT2D eigenvalue weighted by atomic mass is 10.2. The number of nitro groups is 1. The van der Waals surface area contributed by atoms with Crippen LogP contribution in [-0.2, 0) is 10.0 Å². The molecule has 0 radical (unpaired) electrons. The molecule has 2 N–H and O–H groups in total. The molecule has 0 atom stereocenters. The van der Waals surface area contributed by atoms with Gasteiger partial charge in [0.2, 0.25) is 0 Å². The second kappa shape index (κ2) is 9.58. The van der Waals surface area contributed by atoms with Crippen molar-refractivity contribution in [1.29, 1.82) is 0 Å². The number of hydrazone groups is 1. The van der Waals surface area contributed by atoms with E-state index in [4.69, 9.17) is 4.74 Å². The van der Waals surface area contributed by atoms with Crippen molar-refractivity contribution in [2.24, 2.45) is 5.10 Å². The number of para-hydroxylation sites is 2. The van der Waals surface area contributed by atoms with Crippen LogP contribution in [0.2, 0.25) is 0 Å². The summed E-state index contributed by atoms with van der Waals surface area (Å²) >= 11 is 3.33. The molecule has 0 spiro atoms. The van der Waals surface area contributed by atoms with E-state index < -0.39 is 20.6 Å². The lowest BCUT2D eigenvalue weighted by molar-refractivity contribution is -0.384. The first-order valence-corrected chi connectivity index (χ1v) is 11.1. The maximum Gasteiger partial charge on any atom is 0.295 e. The molecule has 0 aromatic heterocycles. The number of hydrogen-bond acceptors (Lipinski definition) is 7. The average molecular weight is 505 g/mol. The van der Waals surface area contributed by atoms with Crippen molar-refractivity contribution in [2.75, 3.05) is 17.3 Å². The van der Waals surface area contributed by atoms with Crippen LogP contribution in [0.5, 0.6) is 5.75 Å². The first-order valence-electron chi connectivity index (χ1n) is 8.79. The van der Waals surface area contributed by atoms with Crippen LogP contribution in [0.4, 0.5) is 17.1 Å². The van der Waals surface area contributed by atoms with Crippen LogP contribution >= 0.6 is 15.9 Å². The van der Waals surface area contributed by atoms with E-state index in [0.29, 0.717) is 5.75 Å². The van der Waals surface area contributed by atoms with Crippen LogP contribution in [0.1, 0.15) is 5.56 Å². The van der Waals surface area contributed by atoms with E-state index in [1.54, 1.807) is 18.2 Å². The Hall–Kier alpha value is -3.44. The maximum absolute atomic E-state index is 12.7. The zero-order valence-electron chi connectivity index (χ0n) is 16.2. The Labute approximate surface area is 187 Å². The average Bonchev–Trinajstić information content (AvgIpc) is 2.75. The number of nitrogens with zero attached hydrogens (tertiary/aromatic N) is 2. The van der Waals surface area contributed by atoms with Crippen molar-refractivity contribution in [3.8, 4) is 5.75 Å². The normalized spacial score (nSPS) is 11.3. The number of nitro benzene ring substituents is 1. The van der Waals surface area contributed by atoms with Crippen molar-refractivity contribution in [3.05, 3.63) is 86.9 Å². The van der Waals surface area contributed by atoms with Crippen LogP contribution in [-0.4, -0.2) is 26.7 Å². The van der Waals surface area contributed by atoms with Crippen molar-refractivity contribution in [1.82, 2.24) is 0 Å². The second-order valence-corrected chi connectivity index (χ2v) is 8.76. The van der Waals surface area contributed by atoms with Crippen LogP contribution in [0, 0.1) is 10.1 Å². The van der Waals surface area contributed by atoms with Crippen LogP contribution in [0.3, 0.4) is 0 Å². The lowest BCUT2D eigenvalue weighted by Crippen LogP contribution is -2.14. The van der Waals surface area contributed by atoms with E-state index in [0.717, 1.165) is 16.1 Å². The highest BCUT2D eigenvalue weighted by molar-refractivity contribution is 9.10. The van der Waals surface area contributed by atoms with Gasteiger partial charge in [0.1, 0.15) is 11.4 Å². The molecule has 0 aliphatic rings. The van der Waals surface area contributed by atoms with Gasteiger partial charge in [0.25, 0.3) is 15.7 Å². The molecule has 3 aromatic rings. The van der Waals surface area contributed by atoms with Crippen LogP contribution in [0.15, 0.2) is 81.2 Å². The first-order chi connectivity index (χ1) is 14.8. The van der Waals surface area contributed by atoms with Gasteiger partial charge < -0.3 is 4.74 Å². The standard InChI is InChI=1S/C20H17BrN4O5S/c1-30-20-5-3-2-4-18(20)24-31(28,29)16-10-11-17(19(12-16)25(26)27)23-22-13-14-6-8-15(21)9-7-14/h2-13,23-24H,1H3/b22-13-. The molecule has 0 unspecified atom stereocenters. The monoisotopic (exact) mass is 504 g/mol. The molecule has 31 heavy (non-hydrogen) atoms. The summed E-state index contributed by atoms with van der Waals surface area (Å²) in [5.74, 6) is 0.321. The van der Waals surface area contributed by atoms with Gasteiger partial charge in [-0.15, -0.1) is 0 Å². The number of ether oxygens (including phenoxy) is 1. The number of hydrogen-bond donors (Lipinski definition) is 2. The Kier molecular flexibility index (Phi) is 6.88.